The number of allylic oxidation sites excluding steroid dienone is 2. The standard InChI is InChI=1S/C8H12/c1-6-7-4-2-3-5-8(6)7/h6H,2-5H2,1H3. The van der Waals surface area contributed by atoms with Crippen LogP contribution in [0.25, 0.3) is 0 Å². The van der Waals surface area contributed by atoms with E-state index in [1.54, 1.807) is 11.1 Å². The van der Waals surface area contributed by atoms with Gasteiger partial charge in [-0.15, -0.1) is 0 Å². The van der Waals surface area contributed by atoms with Crippen LogP contribution in [0.1, 0.15) is 32.6 Å². The van der Waals surface area contributed by atoms with Crippen molar-refractivity contribution >= 4 is 0 Å². The number of hydrogen-bond acceptors (Lipinski definition) is 0. The maximum atomic E-state index is 2.34. The van der Waals surface area contributed by atoms with Crippen LogP contribution < -0.4 is 0 Å². The highest BCUT2D eigenvalue weighted by Gasteiger charge is 2.32. The largest absolute Gasteiger partial charge is 0.0635 e. The fourth-order valence-corrected chi connectivity index (χ4v) is 1.85. The van der Waals surface area contributed by atoms with Crippen molar-refractivity contribution in [3.63, 3.8) is 0 Å². The summed E-state index contributed by atoms with van der Waals surface area (Å²) < 4.78 is 0. The van der Waals surface area contributed by atoms with Gasteiger partial charge in [0.1, 0.15) is 0 Å². The molecule has 0 aliphatic heterocycles. The molecule has 2 aliphatic rings. The third-order valence-electron chi connectivity index (χ3n) is 2.52. The highest BCUT2D eigenvalue weighted by atomic mass is 14.4. The quantitative estimate of drug-likeness (QED) is 0.418. The van der Waals surface area contributed by atoms with Crippen molar-refractivity contribution in [1.82, 2.24) is 0 Å². The third-order valence-corrected chi connectivity index (χ3v) is 2.52. The predicted octanol–water partition coefficient (Wildman–Crippen LogP) is 2.51. The molecular formula is C8H12. The molecule has 0 saturated carbocycles. The lowest BCUT2D eigenvalue weighted by Gasteiger charge is -1.96. The molecule has 0 saturated heterocycles. The van der Waals surface area contributed by atoms with Crippen molar-refractivity contribution in [3.05, 3.63) is 11.1 Å². The SMILES string of the molecule is CC1C2=C1CCCC2. The number of hydrogen-bond donors (Lipinski definition) is 0. The molecule has 8 heavy (non-hydrogen) atoms. The van der Waals surface area contributed by atoms with Gasteiger partial charge in [0.15, 0.2) is 0 Å². The Morgan fingerprint density at radius 2 is 1.62 bits per heavy atom. The first kappa shape index (κ1) is 4.60. The van der Waals surface area contributed by atoms with Gasteiger partial charge in [-0.25, -0.2) is 0 Å². The van der Waals surface area contributed by atoms with Crippen molar-refractivity contribution in [2.45, 2.75) is 32.6 Å². The van der Waals surface area contributed by atoms with Gasteiger partial charge in [0.2, 0.25) is 0 Å². The summed E-state index contributed by atoms with van der Waals surface area (Å²) >= 11 is 0. The second-order valence-electron chi connectivity index (χ2n) is 2.98. The zero-order valence-electron chi connectivity index (χ0n) is 5.41. The fourth-order valence-electron chi connectivity index (χ4n) is 1.85. The van der Waals surface area contributed by atoms with E-state index in [9.17, 15) is 0 Å². The normalized spacial score (nSPS) is 28.1. The Labute approximate surface area is 50.6 Å². The minimum absolute atomic E-state index is 0.942. The molecule has 0 amide bonds. The summed E-state index contributed by atoms with van der Waals surface area (Å²) in [6.07, 6.45) is 5.78. The lowest BCUT2D eigenvalue weighted by molar-refractivity contribution is 0.730. The summed E-state index contributed by atoms with van der Waals surface area (Å²) in [6, 6.07) is 0. The summed E-state index contributed by atoms with van der Waals surface area (Å²) in [5, 5.41) is 0. The third kappa shape index (κ3) is 0.460. The molecule has 0 heterocycles. The highest BCUT2D eigenvalue weighted by Crippen LogP contribution is 2.48. The van der Waals surface area contributed by atoms with Gasteiger partial charge in [-0.05, 0) is 31.6 Å². The van der Waals surface area contributed by atoms with Crippen molar-refractivity contribution in [3.8, 4) is 0 Å². The Bertz CT molecular complexity index is 126. The van der Waals surface area contributed by atoms with E-state index in [1.807, 2.05) is 0 Å². The van der Waals surface area contributed by atoms with Crippen molar-refractivity contribution in [2.24, 2.45) is 5.92 Å². The van der Waals surface area contributed by atoms with Crippen LogP contribution >= 0.6 is 0 Å². The molecule has 0 nitrogen and oxygen atoms in total. The molecule has 0 unspecified atom stereocenters. The second-order valence-corrected chi connectivity index (χ2v) is 2.98. The van der Waals surface area contributed by atoms with Crippen LogP contribution in [0, 0.1) is 5.92 Å². The van der Waals surface area contributed by atoms with Gasteiger partial charge in [-0.3, -0.25) is 0 Å². The van der Waals surface area contributed by atoms with Gasteiger partial charge in [0.05, 0.1) is 0 Å². The lowest BCUT2D eigenvalue weighted by atomic mass is 10.1. The highest BCUT2D eigenvalue weighted by molar-refractivity contribution is 5.41. The molecular weight excluding hydrogens is 96.1 g/mol. The molecule has 0 heteroatoms. The summed E-state index contributed by atoms with van der Waals surface area (Å²) in [6.45, 7) is 2.34. The smallest absolute Gasteiger partial charge is 0.00156 e. The minimum atomic E-state index is 0.942. The van der Waals surface area contributed by atoms with E-state index in [4.69, 9.17) is 0 Å². The Hall–Kier alpha value is -0.260. The average Bonchev–Trinajstić information content (AvgIpc) is 2.46. The van der Waals surface area contributed by atoms with Gasteiger partial charge >= 0.3 is 0 Å². The Kier molecular flexibility index (Phi) is 0.787. The van der Waals surface area contributed by atoms with Gasteiger partial charge in [-0.2, -0.15) is 0 Å². The van der Waals surface area contributed by atoms with E-state index < -0.39 is 0 Å². The van der Waals surface area contributed by atoms with Crippen molar-refractivity contribution in [2.75, 3.05) is 0 Å². The van der Waals surface area contributed by atoms with Crippen LogP contribution in [0.3, 0.4) is 0 Å². The molecule has 2 aliphatic carbocycles. The van der Waals surface area contributed by atoms with Crippen LogP contribution in [-0.2, 0) is 0 Å². The van der Waals surface area contributed by atoms with Gasteiger partial charge in [0.25, 0.3) is 0 Å². The second kappa shape index (κ2) is 1.37. The number of rotatable bonds is 0. The summed E-state index contributed by atoms with van der Waals surface area (Å²) in [5.41, 5.74) is 3.60. The maximum absolute atomic E-state index is 2.34. The van der Waals surface area contributed by atoms with Crippen LogP contribution in [0.15, 0.2) is 11.1 Å². The average molecular weight is 108 g/mol. The van der Waals surface area contributed by atoms with Crippen molar-refractivity contribution < 1.29 is 0 Å². The van der Waals surface area contributed by atoms with Crippen LogP contribution in [0.2, 0.25) is 0 Å². The molecule has 0 aromatic carbocycles. The van der Waals surface area contributed by atoms with E-state index >= 15 is 0 Å². The van der Waals surface area contributed by atoms with Crippen molar-refractivity contribution in [1.29, 1.82) is 0 Å². The lowest BCUT2D eigenvalue weighted by Crippen LogP contribution is -1.77. The summed E-state index contributed by atoms with van der Waals surface area (Å²) in [7, 11) is 0. The first-order chi connectivity index (χ1) is 3.89. The first-order valence-corrected chi connectivity index (χ1v) is 3.61. The molecule has 0 atom stereocenters. The van der Waals surface area contributed by atoms with Crippen LogP contribution in [0.5, 0.6) is 0 Å². The van der Waals surface area contributed by atoms with Crippen LogP contribution in [0.4, 0.5) is 0 Å². The molecule has 0 aromatic rings. The Balaban J connectivity index is 2.12. The fraction of sp³-hybridized carbons (Fsp3) is 0.750. The molecule has 0 aromatic heterocycles. The molecule has 0 bridgehead atoms. The molecule has 2 rings (SSSR count). The maximum Gasteiger partial charge on any atom is -0.00156 e. The monoisotopic (exact) mass is 108 g/mol. The Morgan fingerprint density at radius 1 is 1.12 bits per heavy atom. The zero-order chi connectivity index (χ0) is 5.56. The topological polar surface area (TPSA) is 0 Å². The Morgan fingerprint density at radius 3 is 2.00 bits per heavy atom. The van der Waals surface area contributed by atoms with Gasteiger partial charge in [0, 0.05) is 0 Å². The van der Waals surface area contributed by atoms with E-state index in [0.29, 0.717) is 0 Å². The van der Waals surface area contributed by atoms with E-state index in [0.717, 1.165) is 5.92 Å². The summed E-state index contributed by atoms with van der Waals surface area (Å²) in [4.78, 5) is 0. The molecule has 0 spiro atoms. The molecule has 0 fully saturated rings. The first-order valence-electron chi connectivity index (χ1n) is 3.61. The molecule has 0 N–H and O–H groups in total. The van der Waals surface area contributed by atoms with Gasteiger partial charge in [-0.1, -0.05) is 18.1 Å². The minimum Gasteiger partial charge on any atom is -0.0635 e. The van der Waals surface area contributed by atoms with E-state index in [1.165, 1.54) is 25.7 Å². The summed E-state index contributed by atoms with van der Waals surface area (Å²) in [5.74, 6) is 0.942. The van der Waals surface area contributed by atoms with Crippen LogP contribution in [-0.4, -0.2) is 0 Å². The molecule has 0 radical (unpaired) electrons. The van der Waals surface area contributed by atoms with Gasteiger partial charge < -0.3 is 0 Å². The zero-order valence-corrected chi connectivity index (χ0v) is 5.41. The molecule has 44 valence electrons. The predicted molar refractivity (Wildman–Crippen MR) is 34.7 cm³/mol. The van der Waals surface area contributed by atoms with E-state index in [-0.39, 0.29) is 0 Å². The van der Waals surface area contributed by atoms with E-state index in [2.05, 4.69) is 6.92 Å².